The highest BCUT2D eigenvalue weighted by molar-refractivity contribution is 5.78. The lowest BCUT2D eigenvalue weighted by Gasteiger charge is -2.17. The van der Waals surface area contributed by atoms with Crippen LogP contribution in [0.25, 0.3) is 0 Å². The third-order valence-electron chi connectivity index (χ3n) is 3.82. The quantitative estimate of drug-likeness (QED) is 0.605. The Balaban J connectivity index is 2.10. The zero-order chi connectivity index (χ0) is 13.3. The molecule has 0 saturated heterocycles. The summed E-state index contributed by atoms with van der Waals surface area (Å²) in [4.78, 5) is 4.55. The first-order valence-electron chi connectivity index (χ1n) is 7.58. The van der Waals surface area contributed by atoms with E-state index in [2.05, 4.69) is 18.8 Å². The monoisotopic (exact) mass is 255 g/mol. The van der Waals surface area contributed by atoms with Crippen molar-refractivity contribution in [3.05, 3.63) is 0 Å². The summed E-state index contributed by atoms with van der Waals surface area (Å²) in [6, 6.07) is 0. The molecule has 0 amide bonds. The van der Waals surface area contributed by atoms with Gasteiger partial charge in [0.15, 0.2) is 5.90 Å². The number of aliphatic hydroxyl groups is 1. The molecule has 0 fully saturated rings. The fourth-order valence-electron chi connectivity index (χ4n) is 2.28. The number of hydrogen-bond acceptors (Lipinski definition) is 3. The van der Waals surface area contributed by atoms with Crippen LogP contribution in [-0.2, 0) is 4.74 Å². The van der Waals surface area contributed by atoms with Crippen molar-refractivity contribution in [2.24, 2.45) is 4.99 Å². The number of nitrogens with zero attached hydrogens (tertiary/aromatic N) is 1. The van der Waals surface area contributed by atoms with Gasteiger partial charge in [-0.3, -0.25) is 0 Å². The summed E-state index contributed by atoms with van der Waals surface area (Å²) in [6.45, 7) is 4.96. The summed E-state index contributed by atoms with van der Waals surface area (Å²) in [5.41, 5.74) is -0.337. The van der Waals surface area contributed by atoms with Crippen molar-refractivity contribution in [1.82, 2.24) is 0 Å². The van der Waals surface area contributed by atoms with Crippen molar-refractivity contribution >= 4 is 5.90 Å². The molecule has 1 unspecified atom stereocenters. The molecule has 1 aliphatic rings. The van der Waals surface area contributed by atoms with Gasteiger partial charge in [-0.25, -0.2) is 4.99 Å². The van der Waals surface area contributed by atoms with Crippen LogP contribution in [0.4, 0.5) is 0 Å². The van der Waals surface area contributed by atoms with Crippen LogP contribution in [0, 0.1) is 0 Å². The Kier molecular flexibility index (Phi) is 7.33. The molecule has 1 aliphatic heterocycles. The van der Waals surface area contributed by atoms with Gasteiger partial charge in [0.05, 0.1) is 6.61 Å². The molecule has 0 spiro atoms. The van der Waals surface area contributed by atoms with E-state index >= 15 is 0 Å². The van der Waals surface area contributed by atoms with Crippen LogP contribution in [0.2, 0.25) is 0 Å². The highest BCUT2D eigenvalue weighted by Crippen LogP contribution is 2.24. The zero-order valence-corrected chi connectivity index (χ0v) is 12.1. The Morgan fingerprint density at radius 1 is 1.11 bits per heavy atom. The molecule has 1 rings (SSSR count). The molecule has 3 heteroatoms. The molecule has 18 heavy (non-hydrogen) atoms. The Labute approximate surface area is 112 Å². The van der Waals surface area contributed by atoms with E-state index in [-0.39, 0.29) is 12.1 Å². The van der Waals surface area contributed by atoms with Crippen LogP contribution in [0.1, 0.15) is 71.6 Å². The van der Waals surface area contributed by atoms with E-state index in [0.717, 1.165) is 25.2 Å². The topological polar surface area (TPSA) is 41.8 Å². The second-order valence-corrected chi connectivity index (χ2v) is 5.40. The maximum Gasteiger partial charge on any atom is 0.184 e. The zero-order valence-electron chi connectivity index (χ0n) is 12.1. The molecule has 3 nitrogen and oxygen atoms in total. The van der Waals surface area contributed by atoms with E-state index < -0.39 is 0 Å². The molecule has 1 atom stereocenters. The Morgan fingerprint density at radius 2 is 1.78 bits per heavy atom. The molecule has 0 saturated carbocycles. The molecule has 1 N–H and O–H groups in total. The molecular formula is C15H29NO2. The molecule has 1 heterocycles. The van der Waals surface area contributed by atoms with E-state index in [0.29, 0.717) is 6.61 Å². The SMILES string of the molecule is CCCCCCCCCC1=NC(CC)(CO)CO1. The van der Waals surface area contributed by atoms with Crippen LogP contribution < -0.4 is 0 Å². The minimum absolute atomic E-state index is 0.101. The third kappa shape index (κ3) is 4.97. The Morgan fingerprint density at radius 3 is 2.33 bits per heavy atom. The standard InChI is InChI=1S/C15H29NO2/c1-3-5-6-7-8-9-10-11-14-16-15(4-2,12-17)13-18-14/h17H,3-13H2,1-2H3. The second-order valence-electron chi connectivity index (χ2n) is 5.40. The van der Waals surface area contributed by atoms with Crippen molar-refractivity contribution < 1.29 is 9.84 Å². The van der Waals surface area contributed by atoms with Crippen molar-refractivity contribution in [2.45, 2.75) is 77.2 Å². The molecule has 106 valence electrons. The van der Waals surface area contributed by atoms with Gasteiger partial charge < -0.3 is 9.84 Å². The van der Waals surface area contributed by atoms with Gasteiger partial charge in [0.1, 0.15) is 12.1 Å². The number of aliphatic imine (C=N–C) groups is 1. The van der Waals surface area contributed by atoms with E-state index in [1.54, 1.807) is 0 Å². The molecule has 0 radical (unpaired) electrons. The molecule has 0 aliphatic carbocycles. The van der Waals surface area contributed by atoms with Crippen molar-refractivity contribution in [3.8, 4) is 0 Å². The number of hydrogen-bond donors (Lipinski definition) is 1. The highest BCUT2D eigenvalue weighted by atomic mass is 16.5. The summed E-state index contributed by atoms with van der Waals surface area (Å²) >= 11 is 0. The van der Waals surface area contributed by atoms with Crippen LogP contribution in [0.5, 0.6) is 0 Å². The van der Waals surface area contributed by atoms with Crippen LogP contribution in [0.3, 0.4) is 0 Å². The van der Waals surface area contributed by atoms with Crippen LogP contribution >= 0.6 is 0 Å². The molecule has 0 bridgehead atoms. The lowest BCUT2D eigenvalue weighted by molar-refractivity contribution is 0.153. The molecule has 0 aromatic carbocycles. The van der Waals surface area contributed by atoms with Crippen molar-refractivity contribution in [3.63, 3.8) is 0 Å². The first-order chi connectivity index (χ1) is 8.76. The smallest absolute Gasteiger partial charge is 0.184 e. The van der Waals surface area contributed by atoms with Crippen molar-refractivity contribution in [1.29, 1.82) is 0 Å². The number of unbranched alkanes of at least 4 members (excludes halogenated alkanes) is 6. The van der Waals surface area contributed by atoms with Gasteiger partial charge in [0, 0.05) is 6.42 Å². The first-order valence-corrected chi connectivity index (χ1v) is 7.58. The largest absolute Gasteiger partial charge is 0.478 e. The van der Waals surface area contributed by atoms with Gasteiger partial charge in [-0.1, -0.05) is 52.4 Å². The number of rotatable bonds is 10. The lowest BCUT2D eigenvalue weighted by Crippen LogP contribution is -2.31. The summed E-state index contributed by atoms with van der Waals surface area (Å²) < 4.78 is 5.59. The molecule has 0 aromatic heterocycles. The fraction of sp³-hybridized carbons (Fsp3) is 0.933. The van der Waals surface area contributed by atoms with Gasteiger partial charge in [0.25, 0.3) is 0 Å². The average Bonchev–Trinajstić information content (AvgIpc) is 2.82. The number of ether oxygens (including phenoxy) is 1. The first kappa shape index (κ1) is 15.5. The maximum atomic E-state index is 9.34. The van der Waals surface area contributed by atoms with E-state index in [4.69, 9.17) is 4.74 Å². The summed E-state index contributed by atoms with van der Waals surface area (Å²) in [7, 11) is 0. The fourth-order valence-corrected chi connectivity index (χ4v) is 2.28. The summed E-state index contributed by atoms with van der Waals surface area (Å²) in [5, 5.41) is 9.34. The normalized spacial score (nSPS) is 22.9. The minimum Gasteiger partial charge on any atom is -0.478 e. The maximum absolute atomic E-state index is 9.34. The summed E-state index contributed by atoms with van der Waals surface area (Å²) in [5.74, 6) is 0.861. The number of aliphatic hydroxyl groups excluding tert-OH is 1. The predicted molar refractivity (Wildman–Crippen MR) is 76.1 cm³/mol. The Hall–Kier alpha value is -0.570. The van der Waals surface area contributed by atoms with Gasteiger partial charge in [-0.15, -0.1) is 0 Å². The van der Waals surface area contributed by atoms with Crippen LogP contribution in [-0.4, -0.2) is 29.8 Å². The summed E-state index contributed by atoms with van der Waals surface area (Å²) in [6.07, 6.45) is 11.0. The minimum atomic E-state index is -0.337. The van der Waals surface area contributed by atoms with Gasteiger partial charge in [0.2, 0.25) is 0 Å². The van der Waals surface area contributed by atoms with E-state index in [1.165, 1.54) is 38.5 Å². The average molecular weight is 255 g/mol. The highest BCUT2D eigenvalue weighted by Gasteiger charge is 2.33. The van der Waals surface area contributed by atoms with E-state index in [1.807, 2.05) is 0 Å². The van der Waals surface area contributed by atoms with Gasteiger partial charge in [-0.2, -0.15) is 0 Å². The molecule has 0 aromatic rings. The third-order valence-corrected chi connectivity index (χ3v) is 3.82. The Bertz CT molecular complexity index is 247. The van der Waals surface area contributed by atoms with E-state index in [9.17, 15) is 5.11 Å². The van der Waals surface area contributed by atoms with Gasteiger partial charge in [-0.05, 0) is 12.8 Å². The van der Waals surface area contributed by atoms with Gasteiger partial charge >= 0.3 is 0 Å². The van der Waals surface area contributed by atoms with Crippen LogP contribution in [0.15, 0.2) is 4.99 Å². The molecular weight excluding hydrogens is 226 g/mol. The van der Waals surface area contributed by atoms with Crippen molar-refractivity contribution in [2.75, 3.05) is 13.2 Å². The lowest BCUT2D eigenvalue weighted by atomic mass is 10.0. The predicted octanol–water partition coefficient (Wildman–Crippen LogP) is 3.70. The second kappa shape index (κ2) is 8.52.